The van der Waals surface area contributed by atoms with E-state index in [1.807, 2.05) is 71.6 Å². The molecule has 1 amide bonds. The highest BCUT2D eigenvalue weighted by Gasteiger charge is 2.19. The second-order valence-electron chi connectivity index (χ2n) is 6.72. The predicted molar refractivity (Wildman–Crippen MR) is 108 cm³/mol. The summed E-state index contributed by atoms with van der Waals surface area (Å²) < 4.78 is 5.92. The Kier molecular flexibility index (Phi) is 4.88. The molecule has 0 spiro atoms. The number of hydrogen-bond acceptors (Lipinski definition) is 3. The molecule has 0 aliphatic carbocycles. The van der Waals surface area contributed by atoms with Gasteiger partial charge in [0.1, 0.15) is 17.0 Å². The summed E-state index contributed by atoms with van der Waals surface area (Å²) in [4.78, 5) is 19.5. The number of fused-ring (bicyclic) bond motifs is 2. The lowest BCUT2D eigenvalue weighted by Gasteiger charge is -2.21. The van der Waals surface area contributed by atoms with Gasteiger partial charge in [-0.2, -0.15) is 0 Å². The quantitative estimate of drug-likeness (QED) is 0.462. The Morgan fingerprint density at radius 3 is 2.59 bits per heavy atom. The SMILES string of the molecule is CCCCN(Cc1cc2ccccc2o1)C(=O)c1ccc2ccccc2n1. The number of rotatable bonds is 6. The molecular weight excluding hydrogens is 336 g/mol. The Bertz CT molecular complexity index is 1050. The fourth-order valence-electron chi connectivity index (χ4n) is 3.25. The Labute approximate surface area is 158 Å². The third-order valence-corrected chi connectivity index (χ3v) is 4.71. The molecule has 0 unspecified atom stereocenters. The monoisotopic (exact) mass is 358 g/mol. The van der Waals surface area contributed by atoms with Gasteiger partial charge in [0.2, 0.25) is 0 Å². The molecule has 0 bridgehead atoms. The molecule has 2 heterocycles. The minimum Gasteiger partial charge on any atom is -0.459 e. The Morgan fingerprint density at radius 1 is 1.00 bits per heavy atom. The number of pyridine rings is 1. The van der Waals surface area contributed by atoms with Crippen molar-refractivity contribution < 1.29 is 9.21 Å². The fraction of sp³-hybridized carbons (Fsp3) is 0.217. The second kappa shape index (κ2) is 7.62. The topological polar surface area (TPSA) is 46.3 Å². The zero-order chi connectivity index (χ0) is 18.6. The minimum absolute atomic E-state index is 0.0605. The molecule has 0 saturated carbocycles. The first-order valence-electron chi connectivity index (χ1n) is 9.37. The molecular formula is C23H22N2O2. The van der Waals surface area contributed by atoms with E-state index in [-0.39, 0.29) is 5.91 Å². The molecule has 0 aliphatic heterocycles. The Balaban J connectivity index is 1.62. The van der Waals surface area contributed by atoms with Crippen molar-refractivity contribution in [2.75, 3.05) is 6.54 Å². The first kappa shape index (κ1) is 17.3. The van der Waals surface area contributed by atoms with Crippen molar-refractivity contribution in [3.05, 3.63) is 78.2 Å². The Morgan fingerprint density at radius 2 is 1.78 bits per heavy atom. The zero-order valence-electron chi connectivity index (χ0n) is 15.4. The Hall–Kier alpha value is -3.14. The van der Waals surface area contributed by atoms with Crippen molar-refractivity contribution in [3.8, 4) is 0 Å². The van der Waals surface area contributed by atoms with Crippen molar-refractivity contribution in [2.24, 2.45) is 0 Å². The maximum absolute atomic E-state index is 13.1. The van der Waals surface area contributed by atoms with Gasteiger partial charge < -0.3 is 9.32 Å². The number of nitrogens with zero attached hydrogens (tertiary/aromatic N) is 2. The van der Waals surface area contributed by atoms with Crippen LogP contribution in [0, 0.1) is 0 Å². The van der Waals surface area contributed by atoms with Crippen LogP contribution in [0.15, 0.2) is 71.1 Å². The number of para-hydroxylation sites is 2. The third kappa shape index (κ3) is 3.70. The molecule has 0 N–H and O–H groups in total. The summed E-state index contributed by atoms with van der Waals surface area (Å²) in [5.41, 5.74) is 2.16. The van der Waals surface area contributed by atoms with E-state index in [4.69, 9.17) is 4.42 Å². The predicted octanol–water partition coefficient (Wildman–Crippen LogP) is 5.42. The zero-order valence-corrected chi connectivity index (χ0v) is 15.4. The normalized spacial score (nSPS) is 11.1. The van der Waals surface area contributed by atoms with Gasteiger partial charge >= 0.3 is 0 Å². The largest absolute Gasteiger partial charge is 0.459 e. The summed E-state index contributed by atoms with van der Waals surface area (Å²) in [5.74, 6) is 0.733. The lowest BCUT2D eigenvalue weighted by Crippen LogP contribution is -2.32. The summed E-state index contributed by atoms with van der Waals surface area (Å²) in [7, 11) is 0. The van der Waals surface area contributed by atoms with Crippen LogP contribution >= 0.6 is 0 Å². The molecule has 136 valence electrons. The molecule has 0 radical (unpaired) electrons. The number of unbranched alkanes of at least 4 members (excludes halogenated alkanes) is 1. The number of benzene rings is 2. The van der Waals surface area contributed by atoms with Crippen molar-refractivity contribution in [1.82, 2.24) is 9.88 Å². The van der Waals surface area contributed by atoms with Crippen LogP contribution in [0.4, 0.5) is 0 Å². The lowest BCUT2D eigenvalue weighted by atomic mass is 10.2. The van der Waals surface area contributed by atoms with Gasteiger partial charge in [-0.15, -0.1) is 0 Å². The summed E-state index contributed by atoms with van der Waals surface area (Å²) in [6.45, 7) is 3.25. The van der Waals surface area contributed by atoms with Gasteiger partial charge in [-0.05, 0) is 30.7 Å². The minimum atomic E-state index is -0.0605. The van der Waals surface area contributed by atoms with Crippen LogP contribution in [0.25, 0.3) is 21.9 Å². The van der Waals surface area contributed by atoms with Crippen molar-refractivity contribution in [2.45, 2.75) is 26.3 Å². The standard InChI is InChI=1S/C23H22N2O2/c1-2-3-14-25(16-19-15-18-9-5-7-11-22(18)27-19)23(26)21-13-12-17-8-4-6-10-20(17)24-21/h4-13,15H,2-3,14,16H2,1H3. The van der Waals surface area contributed by atoms with E-state index in [1.165, 1.54) is 0 Å². The smallest absolute Gasteiger partial charge is 0.272 e. The maximum atomic E-state index is 13.1. The second-order valence-corrected chi connectivity index (χ2v) is 6.72. The van der Waals surface area contributed by atoms with E-state index in [1.54, 1.807) is 0 Å². The van der Waals surface area contributed by atoms with Gasteiger partial charge in [0, 0.05) is 17.3 Å². The number of amides is 1. The van der Waals surface area contributed by atoms with Crippen LogP contribution < -0.4 is 0 Å². The van der Waals surface area contributed by atoms with Crippen LogP contribution in [-0.4, -0.2) is 22.3 Å². The highest BCUT2D eigenvalue weighted by atomic mass is 16.3. The number of carbonyl (C=O) groups excluding carboxylic acids is 1. The molecule has 0 atom stereocenters. The maximum Gasteiger partial charge on any atom is 0.272 e. The number of aromatic nitrogens is 1. The summed E-state index contributed by atoms with van der Waals surface area (Å²) in [6, 6.07) is 21.5. The first-order chi connectivity index (χ1) is 13.2. The summed E-state index contributed by atoms with van der Waals surface area (Å²) in [6.07, 6.45) is 1.97. The van der Waals surface area contributed by atoms with E-state index in [9.17, 15) is 4.79 Å². The summed E-state index contributed by atoms with van der Waals surface area (Å²) >= 11 is 0. The van der Waals surface area contributed by atoms with Crippen molar-refractivity contribution >= 4 is 27.8 Å². The van der Waals surface area contributed by atoms with Crippen LogP contribution in [-0.2, 0) is 6.54 Å². The molecule has 27 heavy (non-hydrogen) atoms. The van der Waals surface area contributed by atoms with E-state index in [0.29, 0.717) is 18.8 Å². The van der Waals surface area contributed by atoms with Crippen LogP contribution in [0.2, 0.25) is 0 Å². The van der Waals surface area contributed by atoms with Crippen LogP contribution in [0.3, 0.4) is 0 Å². The van der Waals surface area contributed by atoms with Gasteiger partial charge in [-0.1, -0.05) is 55.8 Å². The molecule has 4 aromatic rings. The van der Waals surface area contributed by atoms with Crippen molar-refractivity contribution in [1.29, 1.82) is 0 Å². The first-order valence-corrected chi connectivity index (χ1v) is 9.37. The molecule has 0 aliphatic rings. The van der Waals surface area contributed by atoms with Crippen LogP contribution in [0.1, 0.15) is 36.0 Å². The third-order valence-electron chi connectivity index (χ3n) is 4.71. The highest BCUT2D eigenvalue weighted by Crippen LogP contribution is 2.21. The van der Waals surface area contributed by atoms with Gasteiger partial charge in [-0.25, -0.2) is 4.98 Å². The molecule has 4 rings (SSSR count). The average molecular weight is 358 g/mol. The van der Waals surface area contributed by atoms with Crippen molar-refractivity contribution in [3.63, 3.8) is 0 Å². The molecule has 2 aromatic carbocycles. The number of furan rings is 1. The van der Waals surface area contributed by atoms with Crippen LogP contribution in [0.5, 0.6) is 0 Å². The van der Waals surface area contributed by atoms with Gasteiger partial charge in [0.25, 0.3) is 5.91 Å². The molecule has 4 nitrogen and oxygen atoms in total. The van der Waals surface area contributed by atoms with Gasteiger partial charge in [0.05, 0.1) is 12.1 Å². The average Bonchev–Trinajstić information content (AvgIpc) is 3.12. The van der Waals surface area contributed by atoms with Gasteiger partial charge in [-0.3, -0.25) is 4.79 Å². The molecule has 0 saturated heterocycles. The molecule has 2 aromatic heterocycles. The van der Waals surface area contributed by atoms with E-state index in [2.05, 4.69) is 11.9 Å². The van der Waals surface area contributed by atoms with E-state index < -0.39 is 0 Å². The summed E-state index contributed by atoms with van der Waals surface area (Å²) in [5, 5.41) is 2.09. The number of hydrogen-bond donors (Lipinski definition) is 0. The fourth-order valence-corrected chi connectivity index (χ4v) is 3.25. The van der Waals surface area contributed by atoms with E-state index >= 15 is 0 Å². The van der Waals surface area contributed by atoms with E-state index in [0.717, 1.165) is 40.5 Å². The molecule has 0 fully saturated rings. The molecule has 4 heteroatoms. The lowest BCUT2D eigenvalue weighted by molar-refractivity contribution is 0.0724. The van der Waals surface area contributed by atoms with Gasteiger partial charge in [0.15, 0.2) is 0 Å². The highest BCUT2D eigenvalue weighted by molar-refractivity contribution is 5.95. The number of carbonyl (C=O) groups is 1.